The summed E-state index contributed by atoms with van der Waals surface area (Å²) in [6.45, 7) is 3.76. The molecule has 3 nitrogen and oxygen atoms in total. The minimum atomic E-state index is -0.783. The first-order valence-corrected chi connectivity index (χ1v) is 4.57. The van der Waals surface area contributed by atoms with Crippen LogP contribution in [0.5, 0.6) is 0 Å². The molecule has 2 rings (SSSR count). The van der Waals surface area contributed by atoms with Crippen molar-refractivity contribution < 1.29 is 14.3 Å². The van der Waals surface area contributed by atoms with Crippen LogP contribution in [0, 0.1) is 11.8 Å². The lowest BCUT2D eigenvalue weighted by Gasteiger charge is -2.39. The molecule has 1 saturated heterocycles. The van der Waals surface area contributed by atoms with E-state index in [1.165, 1.54) is 0 Å². The molecular formula is C10H14O3. The second kappa shape index (κ2) is 2.66. The number of hydrogen-bond donors (Lipinski definition) is 0. The van der Waals surface area contributed by atoms with E-state index in [0.29, 0.717) is 0 Å². The molecule has 0 amide bonds. The van der Waals surface area contributed by atoms with Crippen LogP contribution in [0.1, 0.15) is 13.8 Å². The maximum atomic E-state index is 11.8. The second-order valence-corrected chi connectivity index (χ2v) is 3.78. The quantitative estimate of drug-likeness (QED) is 0.570. The van der Waals surface area contributed by atoms with Crippen LogP contribution in [0.3, 0.4) is 0 Å². The fraction of sp³-hybridized carbons (Fsp3) is 0.700. The Morgan fingerprint density at radius 1 is 1.54 bits per heavy atom. The molecule has 0 aromatic heterocycles. The van der Waals surface area contributed by atoms with Crippen LogP contribution in [-0.2, 0) is 14.3 Å². The van der Waals surface area contributed by atoms with Gasteiger partial charge in [0.25, 0.3) is 0 Å². The predicted octanol–water partition coefficient (Wildman–Crippen LogP) is 1.14. The number of carbonyl (C=O) groups excluding carboxylic acids is 1. The Hall–Kier alpha value is -0.670. The molecule has 0 N–H and O–H groups in total. The van der Waals surface area contributed by atoms with Crippen molar-refractivity contribution >= 4 is 5.78 Å². The molecule has 2 aliphatic rings. The Morgan fingerprint density at radius 3 is 2.85 bits per heavy atom. The average Bonchev–Trinajstić information content (AvgIpc) is 2.55. The summed E-state index contributed by atoms with van der Waals surface area (Å²) < 4.78 is 10.9. The molecule has 0 aromatic carbocycles. The fourth-order valence-electron chi connectivity index (χ4n) is 2.08. The Balaban J connectivity index is 2.36. The van der Waals surface area contributed by atoms with Crippen LogP contribution in [0.2, 0.25) is 0 Å². The minimum Gasteiger partial charge on any atom is -0.349 e. The zero-order chi connectivity index (χ0) is 9.64. The zero-order valence-corrected chi connectivity index (χ0v) is 8.11. The highest BCUT2D eigenvalue weighted by atomic mass is 16.7. The van der Waals surface area contributed by atoms with Gasteiger partial charge in [0.1, 0.15) is 5.78 Å². The van der Waals surface area contributed by atoms with Crippen molar-refractivity contribution in [1.82, 2.24) is 0 Å². The lowest BCUT2D eigenvalue weighted by Crippen LogP contribution is -2.51. The van der Waals surface area contributed by atoms with E-state index in [-0.39, 0.29) is 23.7 Å². The van der Waals surface area contributed by atoms with Gasteiger partial charge in [-0.3, -0.25) is 4.79 Å². The summed E-state index contributed by atoms with van der Waals surface area (Å²) in [6.07, 6.45) is 3.70. The van der Waals surface area contributed by atoms with E-state index in [9.17, 15) is 4.79 Å². The van der Waals surface area contributed by atoms with Crippen molar-refractivity contribution in [2.45, 2.75) is 25.7 Å². The van der Waals surface area contributed by atoms with Crippen LogP contribution < -0.4 is 0 Å². The van der Waals surface area contributed by atoms with Gasteiger partial charge in [-0.25, -0.2) is 0 Å². The Morgan fingerprint density at radius 2 is 2.23 bits per heavy atom. The Labute approximate surface area is 77.7 Å². The average molecular weight is 182 g/mol. The van der Waals surface area contributed by atoms with E-state index < -0.39 is 5.79 Å². The second-order valence-electron chi connectivity index (χ2n) is 3.78. The number of methoxy groups -OCH3 is 1. The van der Waals surface area contributed by atoms with Crippen LogP contribution >= 0.6 is 0 Å². The van der Waals surface area contributed by atoms with E-state index in [1.807, 2.05) is 26.0 Å². The Bertz CT molecular complexity index is 271. The summed E-state index contributed by atoms with van der Waals surface area (Å²) >= 11 is 0. The summed E-state index contributed by atoms with van der Waals surface area (Å²) in [6, 6.07) is 0. The number of fused-ring (bicyclic) bond motifs is 2. The van der Waals surface area contributed by atoms with E-state index in [4.69, 9.17) is 9.47 Å². The SMILES string of the molecule is CO[C@]12C=C[C@H](O1)[C@H](C)C(=O)[C@H]2C. The summed E-state index contributed by atoms with van der Waals surface area (Å²) in [5, 5.41) is 0. The molecule has 0 radical (unpaired) electrons. The van der Waals surface area contributed by atoms with Gasteiger partial charge in [0, 0.05) is 13.0 Å². The first-order valence-electron chi connectivity index (χ1n) is 4.57. The third-order valence-corrected chi connectivity index (χ3v) is 3.13. The number of hydrogen-bond acceptors (Lipinski definition) is 3. The van der Waals surface area contributed by atoms with Crippen molar-refractivity contribution in [3.05, 3.63) is 12.2 Å². The fourth-order valence-corrected chi connectivity index (χ4v) is 2.08. The third-order valence-electron chi connectivity index (χ3n) is 3.13. The van der Waals surface area contributed by atoms with Gasteiger partial charge in [-0.15, -0.1) is 0 Å². The molecule has 0 unspecified atom stereocenters. The number of carbonyl (C=O) groups is 1. The van der Waals surface area contributed by atoms with E-state index >= 15 is 0 Å². The van der Waals surface area contributed by atoms with Crippen molar-refractivity contribution in [3.8, 4) is 0 Å². The summed E-state index contributed by atoms with van der Waals surface area (Å²) in [5.74, 6) is -0.809. The number of ether oxygens (including phenoxy) is 2. The molecular weight excluding hydrogens is 168 g/mol. The summed E-state index contributed by atoms with van der Waals surface area (Å²) in [5.41, 5.74) is 0. The topological polar surface area (TPSA) is 35.5 Å². The van der Waals surface area contributed by atoms with Crippen LogP contribution in [0.15, 0.2) is 12.2 Å². The first kappa shape index (κ1) is 8.91. The molecule has 4 atom stereocenters. The van der Waals surface area contributed by atoms with Crippen molar-refractivity contribution in [2.75, 3.05) is 7.11 Å². The smallest absolute Gasteiger partial charge is 0.197 e. The lowest BCUT2D eigenvalue weighted by molar-refractivity contribution is -0.242. The highest BCUT2D eigenvalue weighted by molar-refractivity contribution is 5.86. The maximum absolute atomic E-state index is 11.8. The highest BCUT2D eigenvalue weighted by Crippen LogP contribution is 2.41. The highest BCUT2D eigenvalue weighted by Gasteiger charge is 2.52. The number of ketones is 1. The van der Waals surface area contributed by atoms with Crippen molar-refractivity contribution in [3.63, 3.8) is 0 Å². The van der Waals surface area contributed by atoms with Gasteiger partial charge in [0.15, 0.2) is 5.79 Å². The normalized spacial score (nSPS) is 48.5. The largest absolute Gasteiger partial charge is 0.349 e. The summed E-state index contributed by atoms with van der Waals surface area (Å²) in [7, 11) is 1.58. The van der Waals surface area contributed by atoms with E-state index in [2.05, 4.69) is 0 Å². The molecule has 0 aliphatic carbocycles. The molecule has 1 fully saturated rings. The molecule has 0 aromatic rings. The number of Topliss-reactive ketones (excluding diaryl/α,β-unsaturated/α-hetero) is 1. The first-order chi connectivity index (χ1) is 6.10. The molecule has 2 heterocycles. The minimum absolute atomic E-state index is 0.0444. The lowest BCUT2D eigenvalue weighted by atomic mass is 9.86. The predicted molar refractivity (Wildman–Crippen MR) is 47.1 cm³/mol. The van der Waals surface area contributed by atoms with E-state index in [1.54, 1.807) is 7.11 Å². The number of rotatable bonds is 1. The van der Waals surface area contributed by atoms with Crippen molar-refractivity contribution in [2.24, 2.45) is 11.8 Å². The monoisotopic (exact) mass is 182 g/mol. The van der Waals surface area contributed by atoms with Crippen LogP contribution in [0.25, 0.3) is 0 Å². The van der Waals surface area contributed by atoms with E-state index in [0.717, 1.165) is 0 Å². The maximum Gasteiger partial charge on any atom is 0.197 e. The molecule has 0 saturated carbocycles. The standard InChI is InChI=1S/C10H14O3/c1-6-8-4-5-10(12-3,13-8)7(2)9(6)11/h4-8H,1-3H3/t6-,7+,8-,10+/m0/s1. The third kappa shape index (κ3) is 1.00. The zero-order valence-electron chi connectivity index (χ0n) is 8.11. The molecule has 0 spiro atoms. The van der Waals surface area contributed by atoms with Gasteiger partial charge in [0.2, 0.25) is 0 Å². The van der Waals surface area contributed by atoms with Gasteiger partial charge in [0.05, 0.1) is 12.0 Å². The molecule has 2 aliphatic heterocycles. The Kier molecular flexibility index (Phi) is 1.82. The van der Waals surface area contributed by atoms with Crippen LogP contribution in [-0.4, -0.2) is 24.8 Å². The molecule has 72 valence electrons. The van der Waals surface area contributed by atoms with Gasteiger partial charge in [-0.1, -0.05) is 13.0 Å². The van der Waals surface area contributed by atoms with Crippen LogP contribution in [0.4, 0.5) is 0 Å². The van der Waals surface area contributed by atoms with Gasteiger partial charge in [-0.05, 0) is 13.0 Å². The molecule has 3 heteroatoms. The van der Waals surface area contributed by atoms with Gasteiger partial charge >= 0.3 is 0 Å². The van der Waals surface area contributed by atoms with Gasteiger partial charge in [-0.2, -0.15) is 0 Å². The molecule has 2 bridgehead atoms. The molecule has 13 heavy (non-hydrogen) atoms. The summed E-state index contributed by atoms with van der Waals surface area (Å²) in [4.78, 5) is 11.8. The van der Waals surface area contributed by atoms with Gasteiger partial charge < -0.3 is 9.47 Å². The van der Waals surface area contributed by atoms with Crippen molar-refractivity contribution in [1.29, 1.82) is 0 Å².